The molecule has 0 saturated heterocycles. The van der Waals surface area contributed by atoms with Crippen molar-refractivity contribution in [1.82, 2.24) is 9.55 Å². The summed E-state index contributed by atoms with van der Waals surface area (Å²) in [6.45, 7) is 5.69. The molecule has 1 aromatic heterocycles. The second-order valence-corrected chi connectivity index (χ2v) is 7.41. The Balaban J connectivity index is 1.46. The molecule has 0 fully saturated rings. The van der Waals surface area contributed by atoms with Crippen LogP contribution in [-0.4, -0.2) is 16.2 Å². The molecule has 4 aromatic rings. The Morgan fingerprint density at radius 2 is 1.72 bits per heavy atom. The molecule has 0 aliphatic carbocycles. The number of halogens is 1. The summed E-state index contributed by atoms with van der Waals surface area (Å²) in [5.74, 6) is 1.59. The first kappa shape index (κ1) is 19.2. The van der Waals surface area contributed by atoms with Crippen molar-refractivity contribution < 1.29 is 9.13 Å². The number of hydrogen-bond donors (Lipinski definition) is 0. The zero-order chi connectivity index (χ0) is 20.2. The molecule has 0 amide bonds. The molecule has 0 saturated carbocycles. The SMILES string of the molecule is Cc1ccc(OCCCCn2c(-c3ccc(F)cc3)nc3ccccc32)c(C)c1. The van der Waals surface area contributed by atoms with Crippen LogP contribution < -0.4 is 4.74 Å². The number of hydrogen-bond acceptors (Lipinski definition) is 2. The largest absolute Gasteiger partial charge is 0.493 e. The van der Waals surface area contributed by atoms with E-state index in [4.69, 9.17) is 9.72 Å². The van der Waals surface area contributed by atoms with Crippen LogP contribution in [0.3, 0.4) is 0 Å². The van der Waals surface area contributed by atoms with Gasteiger partial charge in [-0.05, 0) is 74.7 Å². The van der Waals surface area contributed by atoms with E-state index in [1.807, 2.05) is 24.3 Å². The number of imidazole rings is 1. The van der Waals surface area contributed by atoms with Crippen molar-refractivity contribution in [2.75, 3.05) is 6.61 Å². The molecule has 4 rings (SSSR count). The number of nitrogens with zero attached hydrogens (tertiary/aromatic N) is 2. The summed E-state index contributed by atoms with van der Waals surface area (Å²) in [6, 6.07) is 20.9. The van der Waals surface area contributed by atoms with Crippen molar-refractivity contribution in [3.8, 4) is 17.1 Å². The van der Waals surface area contributed by atoms with Gasteiger partial charge in [0.25, 0.3) is 0 Å². The van der Waals surface area contributed by atoms with Crippen LogP contribution in [0.1, 0.15) is 24.0 Å². The minimum Gasteiger partial charge on any atom is -0.493 e. The summed E-state index contributed by atoms with van der Waals surface area (Å²) < 4.78 is 21.5. The molecule has 0 aliphatic heterocycles. The van der Waals surface area contributed by atoms with E-state index >= 15 is 0 Å². The molecule has 0 N–H and O–H groups in total. The number of benzene rings is 3. The summed E-state index contributed by atoms with van der Waals surface area (Å²) in [6.07, 6.45) is 1.92. The lowest BCUT2D eigenvalue weighted by atomic mass is 10.1. The molecule has 3 nitrogen and oxygen atoms in total. The van der Waals surface area contributed by atoms with E-state index in [1.165, 1.54) is 23.3 Å². The molecule has 29 heavy (non-hydrogen) atoms. The Morgan fingerprint density at radius 1 is 0.931 bits per heavy atom. The maximum Gasteiger partial charge on any atom is 0.141 e. The summed E-state index contributed by atoms with van der Waals surface area (Å²) in [7, 11) is 0. The van der Waals surface area contributed by atoms with Gasteiger partial charge < -0.3 is 9.30 Å². The van der Waals surface area contributed by atoms with Crippen molar-refractivity contribution in [2.24, 2.45) is 0 Å². The molecule has 148 valence electrons. The predicted molar refractivity (Wildman–Crippen MR) is 116 cm³/mol. The first-order valence-corrected chi connectivity index (χ1v) is 10.0. The van der Waals surface area contributed by atoms with E-state index in [0.717, 1.165) is 47.6 Å². The third kappa shape index (κ3) is 4.32. The number of ether oxygens (including phenoxy) is 1. The van der Waals surface area contributed by atoms with Crippen LogP contribution in [0.4, 0.5) is 4.39 Å². The lowest BCUT2D eigenvalue weighted by Crippen LogP contribution is -2.04. The second kappa shape index (κ2) is 8.48. The van der Waals surface area contributed by atoms with Crippen LogP contribution in [0.2, 0.25) is 0 Å². The topological polar surface area (TPSA) is 27.1 Å². The minimum atomic E-state index is -0.236. The molecule has 4 heteroatoms. The highest BCUT2D eigenvalue weighted by Crippen LogP contribution is 2.26. The van der Waals surface area contributed by atoms with E-state index in [9.17, 15) is 4.39 Å². The lowest BCUT2D eigenvalue weighted by molar-refractivity contribution is 0.301. The first-order chi connectivity index (χ1) is 14.1. The Bertz CT molecular complexity index is 1120. The van der Waals surface area contributed by atoms with E-state index in [0.29, 0.717) is 6.61 Å². The van der Waals surface area contributed by atoms with Crippen LogP contribution in [0, 0.1) is 19.7 Å². The smallest absolute Gasteiger partial charge is 0.141 e. The molecule has 0 aliphatic rings. The molecular weight excluding hydrogens is 363 g/mol. The predicted octanol–water partition coefficient (Wildman–Crippen LogP) is 6.32. The number of fused-ring (bicyclic) bond motifs is 1. The van der Waals surface area contributed by atoms with Gasteiger partial charge in [0.05, 0.1) is 17.6 Å². The highest BCUT2D eigenvalue weighted by atomic mass is 19.1. The summed E-state index contributed by atoms with van der Waals surface area (Å²) in [4.78, 5) is 4.79. The Morgan fingerprint density at radius 3 is 2.52 bits per heavy atom. The van der Waals surface area contributed by atoms with E-state index in [1.54, 1.807) is 12.1 Å². The van der Waals surface area contributed by atoms with Gasteiger partial charge in [-0.1, -0.05) is 29.8 Å². The van der Waals surface area contributed by atoms with Crippen molar-refractivity contribution >= 4 is 11.0 Å². The molecule has 0 atom stereocenters. The maximum absolute atomic E-state index is 13.3. The fraction of sp³-hybridized carbons (Fsp3) is 0.240. The van der Waals surface area contributed by atoms with Crippen molar-refractivity contribution in [2.45, 2.75) is 33.2 Å². The number of unbranched alkanes of at least 4 members (excludes halogenated alkanes) is 1. The number of aromatic nitrogens is 2. The van der Waals surface area contributed by atoms with Crippen molar-refractivity contribution in [1.29, 1.82) is 0 Å². The molecule has 0 unspecified atom stereocenters. The van der Waals surface area contributed by atoms with Crippen LogP contribution in [-0.2, 0) is 6.54 Å². The summed E-state index contributed by atoms with van der Waals surface area (Å²) in [5.41, 5.74) is 5.40. The van der Waals surface area contributed by atoms with E-state index in [-0.39, 0.29) is 5.82 Å². The Kier molecular flexibility index (Phi) is 5.61. The van der Waals surface area contributed by atoms with E-state index < -0.39 is 0 Å². The van der Waals surface area contributed by atoms with Gasteiger partial charge in [-0.25, -0.2) is 9.37 Å². The van der Waals surface area contributed by atoms with Crippen molar-refractivity contribution in [3.63, 3.8) is 0 Å². The van der Waals surface area contributed by atoms with Gasteiger partial charge in [0.2, 0.25) is 0 Å². The minimum absolute atomic E-state index is 0.236. The average molecular weight is 388 g/mol. The van der Waals surface area contributed by atoms with Gasteiger partial charge in [-0.2, -0.15) is 0 Å². The van der Waals surface area contributed by atoms with Gasteiger partial charge in [0.1, 0.15) is 17.4 Å². The molecule has 0 spiro atoms. The third-order valence-electron chi connectivity index (χ3n) is 5.12. The quantitative estimate of drug-likeness (QED) is 0.347. The van der Waals surface area contributed by atoms with E-state index in [2.05, 4.69) is 36.6 Å². The van der Waals surface area contributed by atoms with Crippen molar-refractivity contribution in [3.05, 3.63) is 83.7 Å². The summed E-state index contributed by atoms with van der Waals surface area (Å²) >= 11 is 0. The van der Waals surface area contributed by atoms with Gasteiger partial charge in [-0.3, -0.25) is 0 Å². The molecule has 0 radical (unpaired) electrons. The summed E-state index contributed by atoms with van der Waals surface area (Å²) in [5, 5.41) is 0. The zero-order valence-corrected chi connectivity index (χ0v) is 16.9. The lowest BCUT2D eigenvalue weighted by Gasteiger charge is -2.11. The highest BCUT2D eigenvalue weighted by Gasteiger charge is 2.12. The fourth-order valence-corrected chi connectivity index (χ4v) is 3.64. The van der Waals surface area contributed by atoms with Crippen LogP contribution >= 0.6 is 0 Å². The first-order valence-electron chi connectivity index (χ1n) is 10.0. The normalized spacial score (nSPS) is 11.1. The molecular formula is C25H25FN2O. The number of para-hydroxylation sites is 2. The molecule has 0 bridgehead atoms. The highest BCUT2D eigenvalue weighted by molar-refractivity contribution is 5.80. The van der Waals surface area contributed by atoms with Gasteiger partial charge >= 0.3 is 0 Å². The van der Waals surface area contributed by atoms with Crippen LogP contribution in [0.25, 0.3) is 22.4 Å². The maximum atomic E-state index is 13.3. The van der Waals surface area contributed by atoms with Gasteiger partial charge in [-0.15, -0.1) is 0 Å². The standard InChI is InChI=1S/C25H25FN2O/c1-18-9-14-24(19(2)17-18)29-16-6-5-15-28-23-8-4-3-7-22(23)27-25(28)20-10-12-21(26)13-11-20/h3-4,7-14,17H,5-6,15-16H2,1-2H3. The zero-order valence-electron chi connectivity index (χ0n) is 16.9. The van der Waals surface area contributed by atoms with Gasteiger partial charge in [0, 0.05) is 12.1 Å². The fourth-order valence-electron chi connectivity index (χ4n) is 3.64. The number of aryl methyl sites for hydroxylation is 3. The van der Waals surface area contributed by atoms with Crippen LogP contribution in [0.5, 0.6) is 5.75 Å². The molecule has 1 heterocycles. The average Bonchev–Trinajstić information content (AvgIpc) is 3.08. The van der Waals surface area contributed by atoms with Gasteiger partial charge in [0.15, 0.2) is 0 Å². The number of rotatable bonds is 7. The third-order valence-corrected chi connectivity index (χ3v) is 5.12. The van der Waals surface area contributed by atoms with Crippen LogP contribution in [0.15, 0.2) is 66.7 Å². The monoisotopic (exact) mass is 388 g/mol. The molecule has 3 aromatic carbocycles. The second-order valence-electron chi connectivity index (χ2n) is 7.41. The Hall–Kier alpha value is -3.14. The Labute approximate surface area is 170 Å².